The topological polar surface area (TPSA) is 57.7 Å². The molecule has 0 aromatic heterocycles. The molecule has 2 aliphatic rings. The van der Waals surface area contributed by atoms with E-state index in [1.54, 1.807) is 6.07 Å². The number of benzene rings is 2. The van der Waals surface area contributed by atoms with Crippen molar-refractivity contribution in [3.8, 4) is 0 Å². The lowest BCUT2D eigenvalue weighted by atomic mass is 10.0. The minimum Gasteiger partial charge on any atom is -0.311 e. The SMILES string of the molecule is CS(=O)(=O)c1ccc2c(c1)CCN(C1CCCN(c3ccccc3)C1=O)CC2. The lowest BCUT2D eigenvalue weighted by Crippen LogP contribution is -2.53. The number of amides is 1. The standard InChI is InChI=1S/C22H26N2O3S/c1-28(26,27)20-10-9-17-11-14-23(15-12-18(17)16-20)21-8-5-13-24(22(21)25)19-6-3-2-4-7-19/h2-4,6-7,9-10,16,21H,5,8,11-15H2,1H3. The minimum absolute atomic E-state index is 0.0994. The monoisotopic (exact) mass is 398 g/mol. The fraction of sp³-hybridized carbons (Fsp3) is 0.409. The van der Waals surface area contributed by atoms with Gasteiger partial charge in [0.2, 0.25) is 5.91 Å². The van der Waals surface area contributed by atoms with E-state index in [2.05, 4.69) is 4.90 Å². The molecular weight excluding hydrogens is 372 g/mol. The molecule has 28 heavy (non-hydrogen) atoms. The average molecular weight is 399 g/mol. The molecule has 0 N–H and O–H groups in total. The van der Waals surface area contributed by atoms with Crippen LogP contribution in [-0.2, 0) is 27.5 Å². The van der Waals surface area contributed by atoms with Gasteiger partial charge in [0.15, 0.2) is 9.84 Å². The van der Waals surface area contributed by atoms with Gasteiger partial charge in [-0.3, -0.25) is 9.69 Å². The molecule has 2 heterocycles. The summed E-state index contributed by atoms with van der Waals surface area (Å²) < 4.78 is 23.7. The van der Waals surface area contributed by atoms with Crippen molar-refractivity contribution in [3.63, 3.8) is 0 Å². The van der Waals surface area contributed by atoms with Crippen molar-refractivity contribution in [2.75, 3.05) is 30.8 Å². The molecule has 148 valence electrons. The van der Waals surface area contributed by atoms with Gasteiger partial charge in [-0.15, -0.1) is 0 Å². The number of piperidine rings is 1. The molecule has 2 aliphatic heterocycles. The van der Waals surface area contributed by atoms with Crippen LogP contribution in [0.1, 0.15) is 24.0 Å². The average Bonchev–Trinajstić information content (AvgIpc) is 2.90. The maximum absolute atomic E-state index is 13.2. The summed E-state index contributed by atoms with van der Waals surface area (Å²) in [5, 5.41) is 0. The number of sulfone groups is 1. The van der Waals surface area contributed by atoms with Crippen LogP contribution >= 0.6 is 0 Å². The third kappa shape index (κ3) is 3.84. The second-order valence-electron chi connectivity index (χ2n) is 7.72. The van der Waals surface area contributed by atoms with Gasteiger partial charge in [0.05, 0.1) is 10.9 Å². The molecular formula is C22H26N2O3S. The third-order valence-electron chi connectivity index (χ3n) is 5.86. The Morgan fingerprint density at radius 2 is 1.64 bits per heavy atom. The maximum atomic E-state index is 13.2. The van der Waals surface area contributed by atoms with Crippen molar-refractivity contribution in [2.45, 2.75) is 36.6 Å². The highest BCUT2D eigenvalue weighted by molar-refractivity contribution is 7.90. The van der Waals surface area contributed by atoms with E-state index in [-0.39, 0.29) is 11.9 Å². The van der Waals surface area contributed by atoms with Crippen LogP contribution in [0.2, 0.25) is 0 Å². The largest absolute Gasteiger partial charge is 0.311 e. The second-order valence-corrected chi connectivity index (χ2v) is 9.74. The van der Waals surface area contributed by atoms with Crippen molar-refractivity contribution in [2.24, 2.45) is 0 Å². The fourth-order valence-electron chi connectivity index (χ4n) is 4.32. The van der Waals surface area contributed by atoms with E-state index in [4.69, 9.17) is 0 Å². The number of carbonyl (C=O) groups excluding carboxylic acids is 1. The first-order valence-electron chi connectivity index (χ1n) is 9.86. The minimum atomic E-state index is -3.20. The van der Waals surface area contributed by atoms with E-state index in [0.717, 1.165) is 56.6 Å². The maximum Gasteiger partial charge on any atom is 0.244 e. The van der Waals surface area contributed by atoms with Crippen LogP contribution in [0.25, 0.3) is 0 Å². The van der Waals surface area contributed by atoms with Gasteiger partial charge in [-0.1, -0.05) is 24.3 Å². The van der Waals surface area contributed by atoms with E-state index in [0.29, 0.717) is 4.90 Å². The van der Waals surface area contributed by atoms with E-state index in [1.165, 1.54) is 11.8 Å². The summed E-state index contributed by atoms with van der Waals surface area (Å²) >= 11 is 0. The zero-order chi connectivity index (χ0) is 19.7. The zero-order valence-electron chi connectivity index (χ0n) is 16.2. The summed E-state index contributed by atoms with van der Waals surface area (Å²) in [5.74, 6) is 0.181. The van der Waals surface area contributed by atoms with Crippen LogP contribution in [0, 0.1) is 0 Å². The van der Waals surface area contributed by atoms with Gasteiger partial charge < -0.3 is 4.90 Å². The Balaban J connectivity index is 1.52. The van der Waals surface area contributed by atoms with Crippen LogP contribution < -0.4 is 4.90 Å². The first-order valence-corrected chi connectivity index (χ1v) is 11.7. The fourth-order valence-corrected chi connectivity index (χ4v) is 4.99. The molecule has 0 bridgehead atoms. The molecule has 1 unspecified atom stereocenters. The van der Waals surface area contributed by atoms with Gasteiger partial charge >= 0.3 is 0 Å². The highest BCUT2D eigenvalue weighted by atomic mass is 32.2. The Hall–Kier alpha value is -2.18. The molecule has 2 aromatic rings. The number of fused-ring (bicyclic) bond motifs is 1. The second kappa shape index (κ2) is 7.68. The van der Waals surface area contributed by atoms with Gasteiger partial charge in [-0.25, -0.2) is 8.42 Å². The smallest absolute Gasteiger partial charge is 0.244 e. The Morgan fingerprint density at radius 1 is 0.929 bits per heavy atom. The number of para-hydroxylation sites is 1. The number of hydrogen-bond acceptors (Lipinski definition) is 4. The summed E-state index contributed by atoms with van der Waals surface area (Å²) in [6, 6.07) is 15.2. The molecule has 1 fully saturated rings. The predicted molar refractivity (Wildman–Crippen MR) is 110 cm³/mol. The predicted octanol–water partition coefficient (Wildman–Crippen LogP) is 2.69. The van der Waals surface area contributed by atoms with Gasteiger partial charge in [0, 0.05) is 31.6 Å². The Morgan fingerprint density at radius 3 is 2.36 bits per heavy atom. The number of rotatable bonds is 3. The van der Waals surface area contributed by atoms with E-state index in [1.807, 2.05) is 47.4 Å². The highest BCUT2D eigenvalue weighted by Crippen LogP contribution is 2.26. The van der Waals surface area contributed by atoms with E-state index >= 15 is 0 Å². The summed E-state index contributed by atoms with van der Waals surface area (Å²) in [6.45, 7) is 2.37. The molecule has 0 saturated carbocycles. The van der Waals surface area contributed by atoms with Gasteiger partial charge in [0.25, 0.3) is 0 Å². The van der Waals surface area contributed by atoms with Crippen molar-refractivity contribution < 1.29 is 13.2 Å². The summed E-state index contributed by atoms with van der Waals surface area (Å²) in [5.41, 5.74) is 3.25. The normalized spacial score (nSPS) is 21.2. The number of anilines is 1. The molecule has 0 aliphatic carbocycles. The Kier molecular flexibility index (Phi) is 5.25. The molecule has 0 spiro atoms. The van der Waals surface area contributed by atoms with Crippen molar-refractivity contribution in [1.29, 1.82) is 0 Å². The van der Waals surface area contributed by atoms with Crippen LogP contribution in [0.15, 0.2) is 53.4 Å². The first-order chi connectivity index (χ1) is 13.4. The Bertz CT molecular complexity index is 973. The third-order valence-corrected chi connectivity index (χ3v) is 6.97. The summed E-state index contributed by atoms with van der Waals surface area (Å²) in [6.07, 6.45) is 4.74. The van der Waals surface area contributed by atoms with Crippen LogP contribution in [0.5, 0.6) is 0 Å². The van der Waals surface area contributed by atoms with Crippen molar-refractivity contribution >= 4 is 21.4 Å². The van der Waals surface area contributed by atoms with Crippen molar-refractivity contribution in [1.82, 2.24) is 4.90 Å². The quantitative estimate of drug-likeness (QED) is 0.798. The first kappa shape index (κ1) is 19.2. The lowest BCUT2D eigenvalue weighted by Gasteiger charge is -2.38. The number of hydrogen-bond donors (Lipinski definition) is 0. The molecule has 1 saturated heterocycles. The van der Waals surface area contributed by atoms with Gasteiger partial charge in [0.1, 0.15) is 0 Å². The number of carbonyl (C=O) groups is 1. The lowest BCUT2D eigenvalue weighted by molar-refractivity contribution is -0.125. The van der Waals surface area contributed by atoms with E-state index in [9.17, 15) is 13.2 Å². The van der Waals surface area contributed by atoms with Crippen LogP contribution in [0.4, 0.5) is 5.69 Å². The zero-order valence-corrected chi connectivity index (χ0v) is 17.0. The molecule has 4 rings (SSSR count). The Labute approximate surface area is 166 Å². The van der Waals surface area contributed by atoms with Gasteiger partial charge in [-0.05, 0) is 61.1 Å². The molecule has 5 nitrogen and oxygen atoms in total. The van der Waals surface area contributed by atoms with Crippen LogP contribution in [0.3, 0.4) is 0 Å². The highest BCUT2D eigenvalue weighted by Gasteiger charge is 2.34. The van der Waals surface area contributed by atoms with Crippen molar-refractivity contribution in [3.05, 3.63) is 59.7 Å². The molecule has 1 atom stereocenters. The van der Waals surface area contributed by atoms with Gasteiger partial charge in [-0.2, -0.15) is 0 Å². The molecule has 2 aromatic carbocycles. The molecule has 1 amide bonds. The van der Waals surface area contributed by atoms with E-state index < -0.39 is 9.84 Å². The van der Waals surface area contributed by atoms with Crippen LogP contribution in [-0.4, -0.2) is 51.2 Å². The molecule has 6 heteroatoms. The summed E-state index contributed by atoms with van der Waals surface area (Å²) in [7, 11) is -3.20. The summed E-state index contributed by atoms with van der Waals surface area (Å²) in [4.78, 5) is 17.8. The molecule has 0 radical (unpaired) electrons. The number of nitrogens with zero attached hydrogens (tertiary/aromatic N) is 2.